The second kappa shape index (κ2) is 6.77. The molecule has 0 bridgehead atoms. The standard InChI is InChI=1S/C13H25N3O/c1-6-14-12(13(17-5)10(2)3)9-11-7-8-16(4)15-11/h7-8,10,12-14H,6,9H2,1-5H3. The van der Waals surface area contributed by atoms with E-state index < -0.39 is 0 Å². The van der Waals surface area contributed by atoms with Crippen molar-refractivity contribution >= 4 is 0 Å². The fraction of sp³-hybridized carbons (Fsp3) is 0.769. The van der Waals surface area contributed by atoms with Crippen LogP contribution >= 0.6 is 0 Å². The monoisotopic (exact) mass is 239 g/mol. The van der Waals surface area contributed by atoms with Gasteiger partial charge in [-0.1, -0.05) is 20.8 Å². The number of rotatable bonds is 7. The average Bonchev–Trinajstić information content (AvgIpc) is 2.64. The Morgan fingerprint density at radius 1 is 1.47 bits per heavy atom. The van der Waals surface area contributed by atoms with Gasteiger partial charge < -0.3 is 10.1 Å². The zero-order chi connectivity index (χ0) is 12.8. The van der Waals surface area contributed by atoms with Crippen molar-refractivity contribution in [2.75, 3.05) is 13.7 Å². The maximum Gasteiger partial charge on any atom is 0.0750 e. The van der Waals surface area contributed by atoms with E-state index in [4.69, 9.17) is 4.74 Å². The van der Waals surface area contributed by atoms with E-state index in [0.717, 1.165) is 18.7 Å². The molecule has 0 aliphatic carbocycles. The molecule has 98 valence electrons. The molecule has 1 rings (SSSR count). The van der Waals surface area contributed by atoms with Crippen LogP contribution in [0.3, 0.4) is 0 Å². The highest BCUT2D eigenvalue weighted by Gasteiger charge is 2.24. The van der Waals surface area contributed by atoms with Crippen LogP contribution in [0.15, 0.2) is 12.3 Å². The van der Waals surface area contributed by atoms with Crippen LogP contribution < -0.4 is 5.32 Å². The first-order valence-electron chi connectivity index (χ1n) is 6.33. The van der Waals surface area contributed by atoms with E-state index in [1.54, 1.807) is 7.11 Å². The Bertz CT molecular complexity index is 322. The SMILES string of the molecule is CCNC(Cc1ccn(C)n1)C(OC)C(C)C. The van der Waals surface area contributed by atoms with Crippen molar-refractivity contribution in [2.45, 2.75) is 39.3 Å². The van der Waals surface area contributed by atoms with Gasteiger partial charge in [-0.05, 0) is 18.5 Å². The quantitative estimate of drug-likeness (QED) is 0.786. The molecule has 0 amide bonds. The number of ether oxygens (including phenoxy) is 1. The van der Waals surface area contributed by atoms with Gasteiger partial charge in [0.05, 0.1) is 11.8 Å². The van der Waals surface area contributed by atoms with Crippen molar-refractivity contribution in [2.24, 2.45) is 13.0 Å². The van der Waals surface area contributed by atoms with Crippen LogP contribution in [0.25, 0.3) is 0 Å². The molecule has 1 aromatic heterocycles. The van der Waals surface area contributed by atoms with Crippen molar-refractivity contribution in [3.63, 3.8) is 0 Å². The third-order valence-electron chi connectivity index (χ3n) is 2.99. The van der Waals surface area contributed by atoms with Gasteiger partial charge in [0.25, 0.3) is 0 Å². The van der Waals surface area contributed by atoms with E-state index in [2.05, 4.69) is 37.3 Å². The van der Waals surface area contributed by atoms with Crippen LogP contribution in [0.2, 0.25) is 0 Å². The Kier molecular flexibility index (Phi) is 5.65. The molecule has 0 aromatic carbocycles. The highest BCUT2D eigenvalue weighted by Crippen LogP contribution is 2.14. The summed E-state index contributed by atoms with van der Waals surface area (Å²) in [6.07, 6.45) is 3.11. The molecule has 0 saturated heterocycles. The summed E-state index contributed by atoms with van der Waals surface area (Å²) in [5.41, 5.74) is 1.11. The molecule has 4 heteroatoms. The average molecular weight is 239 g/mol. The van der Waals surface area contributed by atoms with E-state index in [-0.39, 0.29) is 6.10 Å². The van der Waals surface area contributed by atoms with Gasteiger partial charge in [-0.25, -0.2) is 0 Å². The number of aromatic nitrogens is 2. The van der Waals surface area contributed by atoms with Crippen molar-refractivity contribution in [3.8, 4) is 0 Å². The Morgan fingerprint density at radius 2 is 2.18 bits per heavy atom. The van der Waals surface area contributed by atoms with Gasteiger partial charge >= 0.3 is 0 Å². The van der Waals surface area contributed by atoms with Crippen molar-refractivity contribution in [1.29, 1.82) is 0 Å². The summed E-state index contributed by atoms with van der Waals surface area (Å²) in [6, 6.07) is 2.39. The minimum absolute atomic E-state index is 0.219. The Morgan fingerprint density at radius 3 is 2.59 bits per heavy atom. The minimum Gasteiger partial charge on any atom is -0.380 e. The molecule has 1 heterocycles. The predicted molar refractivity (Wildman–Crippen MR) is 70.0 cm³/mol. The van der Waals surface area contributed by atoms with Crippen molar-refractivity contribution < 1.29 is 4.74 Å². The smallest absolute Gasteiger partial charge is 0.0750 e. The van der Waals surface area contributed by atoms with Gasteiger partial charge in [0.15, 0.2) is 0 Å². The fourth-order valence-electron chi connectivity index (χ4n) is 2.27. The number of likely N-dealkylation sites (N-methyl/N-ethyl adjacent to an activating group) is 1. The van der Waals surface area contributed by atoms with Crippen LogP contribution in [0, 0.1) is 5.92 Å². The van der Waals surface area contributed by atoms with Crippen LogP contribution in [-0.2, 0) is 18.2 Å². The van der Waals surface area contributed by atoms with Gasteiger partial charge in [-0.3, -0.25) is 4.68 Å². The second-order valence-corrected chi connectivity index (χ2v) is 4.79. The number of nitrogens with zero attached hydrogens (tertiary/aromatic N) is 2. The summed E-state index contributed by atoms with van der Waals surface area (Å²) in [6.45, 7) is 7.45. The molecule has 1 N–H and O–H groups in total. The van der Waals surface area contributed by atoms with Crippen LogP contribution in [0.4, 0.5) is 0 Å². The molecule has 1 aromatic rings. The Hall–Kier alpha value is -0.870. The van der Waals surface area contributed by atoms with Gasteiger partial charge in [-0.15, -0.1) is 0 Å². The maximum atomic E-state index is 5.61. The van der Waals surface area contributed by atoms with E-state index in [9.17, 15) is 0 Å². The highest BCUT2D eigenvalue weighted by molar-refractivity contribution is 5.02. The van der Waals surface area contributed by atoms with Crippen LogP contribution in [0.1, 0.15) is 26.5 Å². The van der Waals surface area contributed by atoms with Gasteiger partial charge in [0.2, 0.25) is 0 Å². The molecule has 0 fully saturated rings. The highest BCUT2D eigenvalue weighted by atomic mass is 16.5. The summed E-state index contributed by atoms with van der Waals surface area (Å²) in [5, 5.41) is 7.93. The molecule has 0 spiro atoms. The predicted octanol–water partition coefficient (Wildman–Crippen LogP) is 1.61. The number of hydrogen-bond donors (Lipinski definition) is 1. The first kappa shape index (κ1) is 14.2. The van der Waals surface area contributed by atoms with E-state index >= 15 is 0 Å². The molecular formula is C13H25N3O. The third kappa shape index (κ3) is 4.13. The first-order chi connectivity index (χ1) is 8.08. The number of nitrogens with one attached hydrogen (secondary N) is 1. The van der Waals surface area contributed by atoms with Crippen LogP contribution in [0.5, 0.6) is 0 Å². The zero-order valence-corrected chi connectivity index (χ0v) is 11.6. The molecule has 2 atom stereocenters. The maximum absolute atomic E-state index is 5.61. The Labute approximate surface area is 104 Å². The number of hydrogen-bond acceptors (Lipinski definition) is 3. The first-order valence-corrected chi connectivity index (χ1v) is 6.33. The number of methoxy groups -OCH3 is 1. The summed E-state index contributed by atoms with van der Waals surface area (Å²) in [4.78, 5) is 0. The zero-order valence-electron chi connectivity index (χ0n) is 11.6. The van der Waals surface area contributed by atoms with Crippen LogP contribution in [-0.4, -0.2) is 35.6 Å². The van der Waals surface area contributed by atoms with Crippen molar-refractivity contribution in [1.82, 2.24) is 15.1 Å². The molecule has 0 radical (unpaired) electrons. The van der Waals surface area contributed by atoms with E-state index in [1.807, 2.05) is 17.9 Å². The second-order valence-electron chi connectivity index (χ2n) is 4.79. The van der Waals surface area contributed by atoms with Gasteiger partial charge in [0, 0.05) is 32.8 Å². The molecule has 4 nitrogen and oxygen atoms in total. The van der Waals surface area contributed by atoms with Gasteiger partial charge in [0.1, 0.15) is 0 Å². The summed E-state index contributed by atoms with van der Waals surface area (Å²) in [5.74, 6) is 0.493. The van der Waals surface area contributed by atoms with Gasteiger partial charge in [-0.2, -0.15) is 5.10 Å². The van der Waals surface area contributed by atoms with Crippen molar-refractivity contribution in [3.05, 3.63) is 18.0 Å². The molecule has 0 saturated carbocycles. The summed E-state index contributed by atoms with van der Waals surface area (Å²) < 4.78 is 7.45. The Balaban J connectivity index is 2.70. The minimum atomic E-state index is 0.219. The third-order valence-corrected chi connectivity index (χ3v) is 2.99. The lowest BCUT2D eigenvalue weighted by atomic mass is 9.96. The lowest BCUT2D eigenvalue weighted by molar-refractivity contribution is 0.0334. The molecule has 0 aliphatic rings. The lowest BCUT2D eigenvalue weighted by Gasteiger charge is -2.29. The lowest BCUT2D eigenvalue weighted by Crippen LogP contribution is -2.45. The normalized spacial score (nSPS) is 15.2. The number of aryl methyl sites for hydroxylation is 1. The molecule has 17 heavy (non-hydrogen) atoms. The topological polar surface area (TPSA) is 39.1 Å². The summed E-state index contributed by atoms with van der Waals surface area (Å²) >= 11 is 0. The van der Waals surface area contributed by atoms with E-state index in [1.165, 1.54) is 0 Å². The largest absolute Gasteiger partial charge is 0.380 e. The molecule has 2 unspecified atom stereocenters. The molecular weight excluding hydrogens is 214 g/mol. The van der Waals surface area contributed by atoms with E-state index in [0.29, 0.717) is 12.0 Å². The summed E-state index contributed by atoms with van der Waals surface area (Å²) in [7, 11) is 3.73. The molecule has 0 aliphatic heterocycles. The fourth-order valence-corrected chi connectivity index (χ4v) is 2.27.